The predicted molar refractivity (Wildman–Crippen MR) is 30.9 cm³/mol. The Balaban J connectivity index is 0. The van der Waals surface area contributed by atoms with Crippen molar-refractivity contribution >= 4 is 0 Å². The number of hydrogen-bond acceptors (Lipinski definition) is 2. The Bertz CT molecular complexity index is 176. The number of hydrogen-bond donors (Lipinski definition) is 2. The van der Waals surface area contributed by atoms with E-state index in [4.69, 9.17) is 10.2 Å². The predicted octanol–water partition coefficient (Wildman–Crippen LogP) is -1.79. The van der Waals surface area contributed by atoms with Gasteiger partial charge in [-0.1, -0.05) is 6.07 Å². The van der Waals surface area contributed by atoms with Gasteiger partial charge in [0.2, 0.25) is 0 Å². The van der Waals surface area contributed by atoms with Crippen molar-refractivity contribution in [2.45, 2.75) is 0 Å². The van der Waals surface area contributed by atoms with E-state index in [1.54, 1.807) is 6.07 Å². The third-order valence-corrected chi connectivity index (χ3v) is 0.830. The van der Waals surface area contributed by atoms with Crippen LogP contribution in [0.25, 0.3) is 0 Å². The Labute approximate surface area is 76.9 Å². The normalized spacial score (nSPS) is 8.00. The molecule has 0 aromatic heterocycles. The van der Waals surface area contributed by atoms with Crippen molar-refractivity contribution in [3.63, 3.8) is 0 Å². The first-order chi connectivity index (χ1) is 3.79. The van der Waals surface area contributed by atoms with Crippen LogP contribution in [0.4, 0.5) is 0 Å². The fourth-order valence-corrected chi connectivity index (χ4v) is 0.493. The zero-order chi connectivity index (χ0) is 5.98. The smallest absolute Gasteiger partial charge is 1.00 e. The van der Waals surface area contributed by atoms with Crippen molar-refractivity contribution < 1.29 is 41.2 Å². The SMILES string of the molecule is Oc1cccc(O)c1.[H-].[Na+]. The summed E-state index contributed by atoms with van der Waals surface area (Å²) in [6.45, 7) is 0. The minimum absolute atomic E-state index is 0. The Morgan fingerprint density at radius 1 is 1.11 bits per heavy atom. The molecule has 2 N–H and O–H groups in total. The topological polar surface area (TPSA) is 40.5 Å². The first-order valence-corrected chi connectivity index (χ1v) is 2.27. The number of aromatic hydroxyl groups is 2. The van der Waals surface area contributed by atoms with Crippen LogP contribution in [0.3, 0.4) is 0 Å². The van der Waals surface area contributed by atoms with Gasteiger partial charge in [0.25, 0.3) is 0 Å². The average Bonchev–Trinajstić information content (AvgIpc) is 1.64. The second-order valence-corrected chi connectivity index (χ2v) is 1.52. The van der Waals surface area contributed by atoms with Gasteiger partial charge in [-0.05, 0) is 12.1 Å². The van der Waals surface area contributed by atoms with E-state index < -0.39 is 0 Å². The third-order valence-electron chi connectivity index (χ3n) is 0.830. The Kier molecular flexibility index (Phi) is 3.70. The van der Waals surface area contributed by atoms with Crippen LogP contribution in [0, 0.1) is 0 Å². The molecule has 0 heterocycles. The molecule has 0 fully saturated rings. The van der Waals surface area contributed by atoms with Gasteiger partial charge in [0.05, 0.1) is 0 Å². The maximum Gasteiger partial charge on any atom is 1.00 e. The van der Waals surface area contributed by atoms with Crippen molar-refractivity contribution in [3.05, 3.63) is 24.3 Å². The molecule has 0 atom stereocenters. The molecular formula is C6H7NaO2. The first kappa shape index (κ1) is 8.82. The van der Waals surface area contributed by atoms with Crippen molar-refractivity contribution in [1.29, 1.82) is 0 Å². The van der Waals surface area contributed by atoms with Crippen LogP contribution < -0.4 is 29.6 Å². The Morgan fingerprint density at radius 3 is 1.78 bits per heavy atom. The molecule has 3 heteroatoms. The number of rotatable bonds is 0. The molecule has 2 nitrogen and oxygen atoms in total. The van der Waals surface area contributed by atoms with E-state index in [0.29, 0.717) is 0 Å². The van der Waals surface area contributed by atoms with Crippen LogP contribution in [0.1, 0.15) is 1.43 Å². The molecule has 0 amide bonds. The molecule has 1 rings (SSSR count). The van der Waals surface area contributed by atoms with Crippen LogP contribution in [0.15, 0.2) is 24.3 Å². The fourth-order valence-electron chi connectivity index (χ4n) is 0.493. The van der Waals surface area contributed by atoms with E-state index in [9.17, 15) is 0 Å². The number of benzene rings is 1. The molecular weight excluding hydrogens is 127 g/mol. The van der Waals surface area contributed by atoms with Gasteiger partial charge in [-0.25, -0.2) is 0 Å². The second-order valence-electron chi connectivity index (χ2n) is 1.52. The summed E-state index contributed by atoms with van der Waals surface area (Å²) in [5.74, 6) is 0.176. The third kappa shape index (κ3) is 2.75. The maximum atomic E-state index is 8.65. The van der Waals surface area contributed by atoms with Crippen molar-refractivity contribution in [2.24, 2.45) is 0 Å². The van der Waals surface area contributed by atoms with Crippen LogP contribution in [-0.2, 0) is 0 Å². The number of phenolic OH excluding ortho intramolecular Hbond substituents is 2. The van der Waals surface area contributed by atoms with E-state index in [1.807, 2.05) is 0 Å². The quantitative estimate of drug-likeness (QED) is 0.411. The number of phenols is 2. The van der Waals surface area contributed by atoms with E-state index in [-0.39, 0.29) is 42.5 Å². The Morgan fingerprint density at radius 2 is 1.56 bits per heavy atom. The summed E-state index contributed by atoms with van der Waals surface area (Å²) >= 11 is 0. The molecule has 0 saturated heterocycles. The molecule has 0 aliphatic carbocycles. The molecule has 0 spiro atoms. The minimum Gasteiger partial charge on any atom is -1.00 e. The molecule has 1 aromatic carbocycles. The van der Waals surface area contributed by atoms with Crippen LogP contribution in [0.5, 0.6) is 11.5 Å². The van der Waals surface area contributed by atoms with Gasteiger partial charge in [-0.2, -0.15) is 0 Å². The largest absolute Gasteiger partial charge is 1.00 e. The fraction of sp³-hybridized carbons (Fsp3) is 0. The summed E-state index contributed by atoms with van der Waals surface area (Å²) in [6.07, 6.45) is 0. The summed E-state index contributed by atoms with van der Waals surface area (Å²) < 4.78 is 0. The van der Waals surface area contributed by atoms with Crippen LogP contribution in [-0.4, -0.2) is 10.2 Å². The van der Waals surface area contributed by atoms with Crippen LogP contribution in [0.2, 0.25) is 0 Å². The first-order valence-electron chi connectivity index (χ1n) is 2.27. The molecule has 0 bridgehead atoms. The maximum absolute atomic E-state index is 8.65. The molecule has 0 aliphatic heterocycles. The average molecular weight is 134 g/mol. The summed E-state index contributed by atoms with van der Waals surface area (Å²) in [7, 11) is 0. The van der Waals surface area contributed by atoms with Gasteiger partial charge in [0, 0.05) is 6.07 Å². The van der Waals surface area contributed by atoms with Gasteiger partial charge in [-0.3, -0.25) is 0 Å². The van der Waals surface area contributed by atoms with Gasteiger partial charge >= 0.3 is 29.6 Å². The zero-order valence-electron chi connectivity index (χ0n) is 6.20. The second kappa shape index (κ2) is 3.77. The standard InChI is InChI=1S/C6H6O2.Na.H/c7-5-2-1-3-6(8)4-5;;/h1-4,7-8H;;/q;+1;-1. The van der Waals surface area contributed by atoms with Gasteiger partial charge in [0.15, 0.2) is 0 Å². The monoisotopic (exact) mass is 134 g/mol. The molecule has 0 saturated carbocycles. The summed E-state index contributed by atoms with van der Waals surface area (Å²) in [4.78, 5) is 0. The molecule has 0 aliphatic rings. The molecule has 1 aromatic rings. The minimum atomic E-state index is 0. The summed E-state index contributed by atoms with van der Waals surface area (Å²) in [5.41, 5.74) is 0. The summed E-state index contributed by atoms with van der Waals surface area (Å²) in [5, 5.41) is 17.3. The molecule has 0 radical (unpaired) electrons. The zero-order valence-corrected chi connectivity index (χ0v) is 7.20. The van der Waals surface area contributed by atoms with Crippen molar-refractivity contribution in [1.82, 2.24) is 0 Å². The van der Waals surface area contributed by atoms with E-state index in [1.165, 1.54) is 18.2 Å². The van der Waals surface area contributed by atoms with Crippen LogP contribution >= 0.6 is 0 Å². The van der Waals surface area contributed by atoms with Gasteiger partial charge in [0.1, 0.15) is 11.5 Å². The van der Waals surface area contributed by atoms with E-state index in [2.05, 4.69) is 0 Å². The molecule has 44 valence electrons. The van der Waals surface area contributed by atoms with E-state index in [0.717, 1.165) is 0 Å². The van der Waals surface area contributed by atoms with Gasteiger partial charge in [-0.15, -0.1) is 0 Å². The summed E-state index contributed by atoms with van der Waals surface area (Å²) in [6, 6.07) is 5.85. The van der Waals surface area contributed by atoms with Crippen molar-refractivity contribution in [2.75, 3.05) is 0 Å². The molecule has 0 unspecified atom stereocenters. The van der Waals surface area contributed by atoms with Crippen molar-refractivity contribution in [3.8, 4) is 11.5 Å². The Hall–Kier alpha value is -0.180. The molecule has 9 heavy (non-hydrogen) atoms. The van der Waals surface area contributed by atoms with E-state index >= 15 is 0 Å². The van der Waals surface area contributed by atoms with Gasteiger partial charge < -0.3 is 11.6 Å².